The van der Waals surface area contributed by atoms with Crippen molar-refractivity contribution in [1.29, 1.82) is 0 Å². The largest absolute Gasteiger partial charge is 0.368 e. The molecule has 618 valence electrons. The highest BCUT2D eigenvalue weighted by Gasteiger charge is 2.33. The van der Waals surface area contributed by atoms with Crippen molar-refractivity contribution in [3.63, 3.8) is 0 Å². The van der Waals surface area contributed by atoms with E-state index in [1.165, 1.54) is 38.8 Å². The molecule has 0 spiro atoms. The minimum Gasteiger partial charge on any atom is -0.368 e. The van der Waals surface area contributed by atoms with E-state index >= 15 is 0 Å². The Kier molecular flexibility index (Phi) is 20.5. The first-order chi connectivity index (χ1) is 58.6. The molecule has 0 unspecified atom stereocenters. The van der Waals surface area contributed by atoms with E-state index in [4.69, 9.17) is 19.9 Å². The first-order valence-electron chi connectivity index (χ1n) is 42.0. The molecule has 1 N–H and O–H groups in total. The highest BCUT2D eigenvalue weighted by molar-refractivity contribution is 5.71. The molecule has 6 saturated heterocycles. The number of rotatable bonds is 9. The lowest BCUT2D eigenvalue weighted by atomic mass is 10.1. The van der Waals surface area contributed by atoms with Gasteiger partial charge < -0.3 is 29.8 Å². The molecule has 6 fully saturated rings. The van der Waals surface area contributed by atoms with E-state index in [1.54, 1.807) is 50.9 Å². The maximum atomic E-state index is 13.0. The van der Waals surface area contributed by atoms with Crippen LogP contribution in [0.5, 0.6) is 0 Å². The Balaban J connectivity index is 0.000000106. The molecular formula is C89H98N28O4. The molecule has 0 radical (unpaired) electrons. The molecule has 0 bridgehead atoms. The molecule has 0 aromatic carbocycles. The highest BCUT2D eigenvalue weighted by Crippen LogP contribution is 2.31. The third-order valence-electron chi connectivity index (χ3n) is 24.5. The van der Waals surface area contributed by atoms with Crippen molar-refractivity contribution < 1.29 is 0 Å². The lowest BCUT2D eigenvalue weighted by Gasteiger charge is -2.38. The summed E-state index contributed by atoms with van der Waals surface area (Å²) < 4.78 is 13.7. The smallest absolute Gasteiger partial charge is 0.258 e. The fraction of sp³-hybridized carbons (Fsp3) is 0.371. The van der Waals surface area contributed by atoms with Crippen molar-refractivity contribution in [2.24, 2.45) is 0 Å². The predicted octanol–water partition coefficient (Wildman–Crippen LogP) is 8.59. The summed E-state index contributed by atoms with van der Waals surface area (Å²) in [6.45, 7) is 36.5. The van der Waals surface area contributed by atoms with Gasteiger partial charge in [-0.25, -0.2) is 38.0 Å². The van der Waals surface area contributed by atoms with Crippen LogP contribution >= 0.6 is 0 Å². The van der Waals surface area contributed by atoms with Gasteiger partial charge in [0.1, 0.15) is 45.4 Å². The summed E-state index contributed by atoms with van der Waals surface area (Å²) in [6.07, 6.45) is 20.3. The second kappa shape index (κ2) is 31.9. The number of hydrogen-bond donors (Lipinski definition) is 1. The first kappa shape index (κ1) is 77.8. The Bertz CT molecular complexity index is 6770. The zero-order valence-electron chi connectivity index (χ0n) is 69.9. The van der Waals surface area contributed by atoms with Gasteiger partial charge in [-0.15, -0.1) is 0 Å². The van der Waals surface area contributed by atoms with Gasteiger partial charge >= 0.3 is 0 Å². The van der Waals surface area contributed by atoms with Gasteiger partial charge in [0.2, 0.25) is 0 Å². The van der Waals surface area contributed by atoms with Crippen molar-refractivity contribution in [3.8, 4) is 45.6 Å². The molecule has 121 heavy (non-hydrogen) atoms. The lowest BCUT2D eigenvalue weighted by molar-refractivity contribution is 0.231. The van der Waals surface area contributed by atoms with Crippen molar-refractivity contribution >= 4 is 67.4 Å². The van der Waals surface area contributed by atoms with Crippen LogP contribution in [0.3, 0.4) is 0 Å². The Hall–Kier alpha value is -13.0. The average molecular weight is 1620 g/mol. The number of pyridine rings is 4. The lowest BCUT2D eigenvalue weighted by Crippen LogP contribution is -2.50. The van der Waals surface area contributed by atoms with Crippen molar-refractivity contribution in [3.05, 3.63) is 234 Å². The molecular weight excluding hydrogens is 1530 g/mol. The molecule has 22 heterocycles. The number of fused-ring (bicyclic) bond motifs is 10. The highest BCUT2D eigenvalue weighted by atomic mass is 16.1. The normalized spacial score (nSPS) is 17.9. The maximum Gasteiger partial charge on any atom is 0.258 e. The van der Waals surface area contributed by atoms with Gasteiger partial charge in [-0.1, -0.05) is 6.92 Å². The fourth-order valence-electron chi connectivity index (χ4n) is 18.2. The van der Waals surface area contributed by atoms with Gasteiger partial charge in [0.15, 0.2) is 0 Å². The summed E-state index contributed by atoms with van der Waals surface area (Å²) in [5.41, 5.74) is 22.2. The summed E-state index contributed by atoms with van der Waals surface area (Å²) in [6, 6.07) is 31.6. The van der Waals surface area contributed by atoms with Crippen LogP contribution in [0.15, 0.2) is 166 Å². The number of piperazine rings is 4. The zero-order valence-corrected chi connectivity index (χ0v) is 69.9. The molecule has 6 aliphatic heterocycles. The molecule has 16 aromatic rings. The Morgan fingerprint density at radius 2 is 0.636 bits per heavy atom. The number of nitrogens with zero attached hydrogens (tertiary/aromatic N) is 27. The van der Waals surface area contributed by atoms with Gasteiger partial charge in [0.05, 0.1) is 138 Å². The third kappa shape index (κ3) is 15.6. The van der Waals surface area contributed by atoms with Gasteiger partial charge in [0, 0.05) is 152 Å². The molecule has 0 saturated carbocycles. The molecule has 3 atom stereocenters. The van der Waals surface area contributed by atoms with Crippen LogP contribution in [-0.4, -0.2) is 233 Å². The number of anilines is 4. The Labute approximate surface area is 696 Å². The molecule has 0 aliphatic carbocycles. The summed E-state index contributed by atoms with van der Waals surface area (Å²) in [4.78, 5) is 106. The summed E-state index contributed by atoms with van der Waals surface area (Å²) in [5.74, 6) is 0. The topological polar surface area (TPSA) is 293 Å². The van der Waals surface area contributed by atoms with Gasteiger partial charge in [-0.05, 0) is 180 Å². The van der Waals surface area contributed by atoms with E-state index in [0.717, 1.165) is 182 Å². The van der Waals surface area contributed by atoms with Crippen LogP contribution in [0.25, 0.3) is 90.2 Å². The van der Waals surface area contributed by atoms with Crippen molar-refractivity contribution in [1.82, 2.24) is 116 Å². The number of nitrogens with one attached hydrogen (secondary N) is 1. The predicted molar refractivity (Wildman–Crippen MR) is 469 cm³/mol. The molecule has 16 aromatic heterocycles. The quantitative estimate of drug-likeness (QED) is 0.141. The van der Waals surface area contributed by atoms with Crippen LogP contribution in [0.2, 0.25) is 0 Å². The SMILES string of the molecule is CCN1CCN(c2ccc3nc(-c4cc5c(C)nc(C)cn5n4)cc(=O)n3c2)CC1.Cc1cn2nc(-c3cc(=O)n4cc(N5CCN6CCC[C@@H]6C5)ccc4n3)cc2c(C)n1.Cc1cn2nc(-c3cc(=O)n4cc(N5CCN6CCC[C@H]6C5)ccc4n3)cc2c(C)n1.Cc1cn2nc(-c3cc(=O)n4cc(N5CCN[C@H](C)C5)ccc4n3)cc2c(C)n1. The van der Waals surface area contributed by atoms with Crippen LogP contribution in [-0.2, 0) is 0 Å². The third-order valence-corrected chi connectivity index (χ3v) is 24.5. The minimum absolute atomic E-state index is 0.0931. The van der Waals surface area contributed by atoms with Crippen molar-refractivity contribution in [2.45, 2.75) is 113 Å². The van der Waals surface area contributed by atoms with Gasteiger partial charge in [0.25, 0.3) is 22.2 Å². The number of aromatic nitrogens is 20. The fourth-order valence-corrected chi connectivity index (χ4v) is 18.2. The summed E-state index contributed by atoms with van der Waals surface area (Å²) in [7, 11) is 0. The molecule has 32 nitrogen and oxygen atoms in total. The van der Waals surface area contributed by atoms with E-state index in [2.05, 4.69) is 106 Å². The second-order valence-corrected chi connectivity index (χ2v) is 33.0. The number of aryl methyl sites for hydroxylation is 8. The van der Waals surface area contributed by atoms with E-state index in [1.807, 2.05) is 175 Å². The van der Waals surface area contributed by atoms with Crippen molar-refractivity contribution in [2.75, 3.05) is 124 Å². The first-order valence-corrected chi connectivity index (χ1v) is 42.0. The summed E-state index contributed by atoms with van der Waals surface area (Å²) >= 11 is 0. The molecule has 32 heteroatoms. The molecule has 6 aliphatic rings. The van der Waals surface area contributed by atoms with E-state index in [0.29, 0.717) is 86.3 Å². The van der Waals surface area contributed by atoms with Crippen LogP contribution in [0, 0.1) is 55.4 Å². The van der Waals surface area contributed by atoms with E-state index in [9.17, 15) is 19.2 Å². The van der Waals surface area contributed by atoms with Gasteiger partial charge in [-0.2, -0.15) is 20.4 Å². The van der Waals surface area contributed by atoms with E-state index < -0.39 is 0 Å². The second-order valence-electron chi connectivity index (χ2n) is 33.0. The minimum atomic E-state index is -0.113. The number of hydrogen-bond acceptors (Lipinski definition) is 24. The molecule has 0 amide bonds. The Morgan fingerprint density at radius 3 is 0.950 bits per heavy atom. The summed E-state index contributed by atoms with van der Waals surface area (Å²) in [5, 5.41) is 21.9. The maximum absolute atomic E-state index is 13.0. The monoisotopic (exact) mass is 1620 g/mol. The van der Waals surface area contributed by atoms with Gasteiger partial charge in [-0.3, -0.25) is 66.5 Å². The van der Waals surface area contributed by atoms with Crippen LogP contribution in [0.4, 0.5) is 22.7 Å². The van der Waals surface area contributed by atoms with Crippen LogP contribution in [0.1, 0.15) is 85.1 Å². The standard InChI is InChI=1S/2C23H25N7O.C22H25N7O.C21H23N7O/c2*1-15-12-30-21(16(2)24-15)10-20(26-30)19-11-23(31)29-14-18(5-6-22(29)25-19)28-9-8-27-7-3-4-17(27)13-28;1-4-26-7-9-27(10-8-26)17-5-6-21-24-18(12-22(30)28(21)14-17)19-11-20-16(3)23-15(2)13-29(20)25-19;1-13-10-26(7-6-22-13)16-4-5-20-24-17(9-21(29)27(20)12-16)18-8-19-15(3)23-14(2)11-28(19)25-18/h2*5-6,10-12,14,17H,3-4,7-9,13H2,1-2H3;5-6,11-14H,4,7-10H2,1-3H3;4-5,8-9,11-13,22H,6-7,10H2,1-3H3/t2*17-;;13-/m10.1/s1. The number of likely N-dealkylation sites (N-methyl/N-ethyl adjacent to an activating group) is 1. The van der Waals surface area contributed by atoms with E-state index in [-0.39, 0.29) is 22.2 Å². The zero-order chi connectivity index (χ0) is 83.2. The molecule has 22 rings (SSSR count). The Morgan fingerprint density at radius 1 is 0.331 bits per heavy atom. The van der Waals surface area contributed by atoms with Crippen LogP contribution < -0.4 is 47.2 Å². The average Bonchev–Trinajstić information content (AvgIpc) is 1.11.